The van der Waals surface area contributed by atoms with E-state index in [0.717, 1.165) is 29.8 Å². The fraction of sp³-hybridized carbons (Fsp3) is 0.550. The van der Waals surface area contributed by atoms with Crippen LogP contribution in [0, 0.1) is 15.5 Å². The minimum absolute atomic E-state index is 0.0589. The van der Waals surface area contributed by atoms with Crippen molar-refractivity contribution >= 4 is 29.2 Å². The normalized spacial score (nSPS) is 26.7. The molecular weight excluding hydrogens is 376 g/mol. The summed E-state index contributed by atoms with van der Waals surface area (Å²) in [6, 6.07) is 3.59. The highest BCUT2D eigenvalue weighted by Gasteiger charge is 2.61. The number of benzene rings is 1. The van der Waals surface area contributed by atoms with Crippen LogP contribution in [0.25, 0.3) is 0 Å². The number of urea groups is 1. The number of nitrogens with one attached hydrogen (secondary N) is 1. The molecular formula is C20H24N4O5. The molecule has 1 spiro atoms. The van der Waals surface area contributed by atoms with Gasteiger partial charge in [0.05, 0.1) is 11.0 Å². The molecule has 2 atom stereocenters. The van der Waals surface area contributed by atoms with Crippen molar-refractivity contribution in [2.75, 3.05) is 18.0 Å². The Morgan fingerprint density at radius 3 is 2.76 bits per heavy atom. The van der Waals surface area contributed by atoms with E-state index < -0.39 is 28.2 Å². The number of carbonyl (C=O) groups excluding carboxylic acids is 3. The molecule has 0 radical (unpaired) electrons. The molecule has 1 aromatic carbocycles. The van der Waals surface area contributed by atoms with E-state index in [4.69, 9.17) is 0 Å². The predicted molar refractivity (Wildman–Crippen MR) is 104 cm³/mol. The van der Waals surface area contributed by atoms with Crippen molar-refractivity contribution in [3.05, 3.63) is 33.9 Å². The number of hydrogen-bond donors (Lipinski definition) is 1. The van der Waals surface area contributed by atoms with Gasteiger partial charge in [0.2, 0.25) is 11.8 Å². The number of non-ortho nitro benzene ring substituents is 1. The van der Waals surface area contributed by atoms with Crippen molar-refractivity contribution in [3.63, 3.8) is 0 Å². The zero-order chi connectivity index (χ0) is 20.8. The number of amides is 4. The quantitative estimate of drug-likeness (QED) is 0.473. The van der Waals surface area contributed by atoms with Crippen LogP contribution in [-0.2, 0) is 16.0 Å². The van der Waals surface area contributed by atoms with Gasteiger partial charge in [0.1, 0.15) is 0 Å². The Balaban J connectivity index is 1.88. The summed E-state index contributed by atoms with van der Waals surface area (Å²) < 4.78 is 0. The summed E-state index contributed by atoms with van der Waals surface area (Å²) >= 11 is 0. The van der Waals surface area contributed by atoms with Crippen LogP contribution in [0.15, 0.2) is 18.2 Å². The lowest BCUT2D eigenvalue weighted by molar-refractivity contribution is -0.384. The number of anilines is 1. The number of nitrogens with zero attached hydrogens (tertiary/aromatic N) is 3. The lowest BCUT2D eigenvalue weighted by Gasteiger charge is -2.51. The molecule has 3 aliphatic rings. The molecule has 3 heterocycles. The van der Waals surface area contributed by atoms with Crippen molar-refractivity contribution in [1.82, 2.24) is 10.2 Å². The Bertz CT molecular complexity index is 901. The second-order valence-corrected chi connectivity index (χ2v) is 7.99. The van der Waals surface area contributed by atoms with Crippen molar-refractivity contribution < 1.29 is 19.3 Å². The Morgan fingerprint density at radius 2 is 2.03 bits per heavy atom. The molecule has 2 saturated heterocycles. The average molecular weight is 400 g/mol. The number of rotatable bonds is 3. The predicted octanol–water partition coefficient (Wildman–Crippen LogP) is 2.37. The van der Waals surface area contributed by atoms with Gasteiger partial charge in [-0.1, -0.05) is 19.8 Å². The second-order valence-electron chi connectivity index (χ2n) is 7.99. The smallest absolute Gasteiger partial charge is 0.330 e. The second kappa shape index (κ2) is 7.13. The van der Waals surface area contributed by atoms with Crippen LogP contribution in [0.5, 0.6) is 0 Å². The average Bonchev–Trinajstić information content (AvgIpc) is 2.95. The van der Waals surface area contributed by atoms with Crippen LogP contribution in [0.1, 0.15) is 44.6 Å². The largest absolute Gasteiger partial charge is 0.367 e. The zero-order valence-electron chi connectivity index (χ0n) is 16.3. The molecule has 1 aromatic rings. The van der Waals surface area contributed by atoms with Gasteiger partial charge in [0.25, 0.3) is 5.69 Å². The van der Waals surface area contributed by atoms with Crippen LogP contribution in [0.4, 0.5) is 16.2 Å². The Hall–Kier alpha value is -2.97. The number of barbiturate groups is 1. The fourth-order valence-electron chi connectivity index (χ4n) is 5.02. The molecule has 3 aliphatic heterocycles. The maximum Gasteiger partial charge on any atom is 0.330 e. The number of nitro benzene ring substituents is 1. The highest BCUT2D eigenvalue weighted by Crippen LogP contribution is 2.47. The molecule has 4 rings (SSSR count). The molecule has 2 fully saturated rings. The summed E-state index contributed by atoms with van der Waals surface area (Å²) in [5.41, 5.74) is -0.0769. The van der Waals surface area contributed by atoms with E-state index >= 15 is 0 Å². The van der Waals surface area contributed by atoms with Gasteiger partial charge >= 0.3 is 6.03 Å². The number of fused-ring (bicyclic) bond motifs is 4. The Morgan fingerprint density at radius 1 is 1.24 bits per heavy atom. The molecule has 154 valence electrons. The molecule has 2 unspecified atom stereocenters. The van der Waals surface area contributed by atoms with Gasteiger partial charge in [0, 0.05) is 37.3 Å². The van der Waals surface area contributed by atoms with E-state index in [1.54, 1.807) is 6.07 Å². The molecule has 0 aliphatic carbocycles. The first-order valence-corrected chi connectivity index (χ1v) is 10.1. The summed E-state index contributed by atoms with van der Waals surface area (Å²) in [4.78, 5) is 53.1. The van der Waals surface area contributed by atoms with Crippen LogP contribution in [0.3, 0.4) is 0 Å². The summed E-state index contributed by atoms with van der Waals surface area (Å²) in [6.07, 6.45) is 4.08. The first-order chi connectivity index (χ1) is 13.9. The molecule has 29 heavy (non-hydrogen) atoms. The number of imide groups is 2. The molecule has 0 bridgehead atoms. The number of nitro groups is 1. The van der Waals surface area contributed by atoms with Gasteiger partial charge in [-0.15, -0.1) is 0 Å². The molecule has 9 nitrogen and oxygen atoms in total. The molecule has 0 saturated carbocycles. The number of carbonyl (C=O) groups is 3. The third kappa shape index (κ3) is 2.87. The summed E-state index contributed by atoms with van der Waals surface area (Å²) in [7, 11) is 0. The van der Waals surface area contributed by atoms with E-state index in [-0.39, 0.29) is 24.7 Å². The first-order valence-electron chi connectivity index (χ1n) is 10.1. The van der Waals surface area contributed by atoms with Crippen LogP contribution in [-0.4, -0.2) is 46.8 Å². The summed E-state index contributed by atoms with van der Waals surface area (Å²) in [5.74, 6) is -1.07. The molecule has 1 N–H and O–H groups in total. The third-order valence-corrected chi connectivity index (χ3v) is 6.32. The van der Waals surface area contributed by atoms with Gasteiger partial charge in [0.15, 0.2) is 5.41 Å². The lowest BCUT2D eigenvalue weighted by Crippen LogP contribution is -2.72. The van der Waals surface area contributed by atoms with E-state index in [1.807, 2.05) is 6.92 Å². The van der Waals surface area contributed by atoms with E-state index in [2.05, 4.69) is 10.2 Å². The van der Waals surface area contributed by atoms with E-state index in [1.165, 1.54) is 12.1 Å². The first kappa shape index (κ1) is 19.4. The molecule has 4 amide bonds. The lowest BCUT2D eigenvalue weighted by atomic mass is 9.67. The molecule has 9 heteroatoms. The summed E-state index contributed by atoms with van der Waals surface area (Å²) in [6.45, 7) is 2.76. The Kier molecular flexibility index (Phi) is 4.76. The van der Waals surface area contributed by atoms with Crippen LogP contribution in [0.2, 0.25) is 0 Å². The highest BCUT2D eigenvalue weighted by molar-refractivity contribution is 6.20. The van der Waals surface area contributed by atoms with Gasteiger partial charge in [-0.3, -0.25) is 29.9 Å². The highest BCUT2D eigenvalue weighted by atomic mass is 16.6. The van der Waals surface area contributed by atoms with Crippen LogP contribution < -0.4 is 10.2 Å². The number of hydrogen-bond acceptors (Lipinski definition) is 6. The van der Waals surface area contributed by atoms with E-state index in [0.29, 0.717) is 24.9 Å². The van der Waals surface area contributed by atoms with Crippen LogP contribution >= 0.6 is 0 Å². The van der Waals surface area contributed by atoms with Gasteiger partial charge in [-0.05, 0) is 30.9 Å². The van der Waals surface area contributed by atoms with Crippen molar-refractivity contribution in [2.45, 2.75) is 51.5 Å². The van der Waals surface area contributed by atoms with Gasteiger partial charge in [-0.2, -0.15) is 0 Å². The van der Waals surface area contributed by atoms with Crippen molar-refractivity contribution in [1.29, 1.82) is 0 Å². The maximum absolute atomic E-state index is 13.6. The molecule has 0 aromatic heterocycles. The topological polar surface area (TPSA) is 113 Å². The Labute approximate surface area is 168 Å². The standard InChI is InChI=1S/C20H24N4O5/c1-2-9-23-18(26)20(17(25)21-19(23)27)12-13-11-14(24(28)29)7-8-15(13)22-10-5-3-4-6-16(20)22/h7-8,11,16H,2-6,9-10,12H2,1H3,(H,21,25,27). The minimum Gasteiger partial charge on any atom is -0.367 e. The van der Waals surface area contributed by atoms with E-state index in [9.17, 15) is 24.5 Å². The van der Waals surface area contributed by atoms with Crippen molar-refractivity contribution in [3.8, 4) is 0 Å². The monoisotopic (exact) mass is 400 g/mol. The van der Waals surface area contributed by atoms with Gasteiger partial charge in [-0.25, -0.2) is 4.79 Å². The third-order valence-electron chi connectivity index (χ3n) is 6.32. The minimum atomic E-state index is -1.45. The maximum atomic E-state index is 13.6. The fourth-order valence-corrected chi connectivity index (χ4v) is 5.02. The summed E-state index contributed by atoms with van der Waals surface area (Å²) in [5, 5.41) is 13.7. The van der Waals surface area contributed by atoms with Crippen molar-refractivity contribution in [2.24, 2.45) is 5.41 Å². The zero-order valence-corrected chi connectivity index (χ0v) is 16.3. The SMILES string of the molecule is CCCN1C(=O)NC(=O)C2(Cc3cc([N+](=O)[O-])ccc3N3CCCCCC32)C1=O. The van der Waals surface area contributed by atoms with Gasteiger partial charge < -0.3 is 4.90 Å².